The lowest BCUT2D eigenvalue weighted by molar-refractivity contribution is 0.697. The van der Waals surface area contributed by atoms with Crippen molar-refractivity contribution in [2.75, 3.05) is 0 Å². The van der Waals surface area contributed by atoms with Crippen LogP contribution < -0.4 is 0 Å². The van der Waals surface area contributed by atoms with Crippen LogP contribution in [0.3, 0.4) is 0 Å². The van der Waals surface area contributed by atoms with Gasteiger partial charge in [0.1, 0.15) is 5.84 Å². The Morgan fingerprint density at radius 3 is 1.90 bits per heavy atom. The molecule has 0 saturated heterocycles. The fraction of sp³-hybridized carbons (Fsp3) is 0.0877. The molecule has 3 heterocycles. The van der Waals surface area contributed by atoms with Crippen molar-refractivity contribution in [2.24, 2.45) is 0 Å². The second-order valence-corrected chi connectivity index (χ2v) is 16.7. The van der Waals surface area contributed by atoms with Gasteiger partial charge in [-0.15, -0.1) is 0 Å². The molecule has 61 heavy (non-hydrogen) atoms. The maximum Gasteiger partial charge on any atom is 0.137 e. The highest BCUT2D eigenvalue weighted by Crippen LogP contribution is 2.50. The van der Waals surface area contributed by atoms with Crippen LogP contribution in [0.25, 0.3) is 92.6 Å². The standard InChI is InChI=1S/C57H42N4/c1-3-35(32-48(58)41-22-10-11-24-43(41)57(59)60-50-27-15-13-25-44(50)53-39-20-8-5-17-36(39)29-31-51(53)60)52-46(38-19-7-4-16-34(38)2)33-47-42-23-12-14-26-49(42)61-55-40-21-9-6-18-37(40)28-30-45(55)54(52)56(47)61/h4-31,33,35,58-59H,3,32H2,1-2H3/t35-/m0/s1. The molecule has 3 aromatic heterocycles. The molecule has 0 aliphatic heterocycles. The quantitative estimate of drug-likeness (QED) is 0.120. The second-order valence-electron chi connectivity index (χ2n) is 16.7. The minimum absolute atomic E-state index is 0.0206. The van der Waals surface area contributed by atoms with E-state index in [1.807, 2.05) is 24.3 Å². The van der Waals surface area contributed by atoms with Crippen molar-refractivity contribution in [3.63, 3.8) is 0 Å². The SMILES string of the molecule is CC[C@@H](CC(=N)c1ccccc1C(=N)n1c2ccccc2c2c3ccccc3ccc21)c1c(-c2ccccc2C)cc2c3ccccc3n3c4c5ccccc5ccc4c1c23. The Hall–Kier alpha value is -7.56. The zero-order chi connectivity index (χ0) is 40.9. The molecule has 0 radical (unpaired) electrons. The monoisotopic (exact) mass is 782 g/mol. The molecule has 1 atom stereocenters. The van der Waals surface area contributed by atoms with Gasteiger partial charge in [-0.1, -0.05) is 159 Å². The van der Waals surface area contributed by atoms with Crippen molar-refractivity contribution in [1.82, 2.24) is 8.97 Å². The van der Waals surface area contributed by atoms with Gasteiger partial charge < -0.3 is 9.81 Å². The smallest absolute Gasteiger partial charge is 0.137 e. The van der Waals surface area contributed by atoms with Gasteiger partial charge in [0, 0.05) is 54.5 Å². The number of aromatic nitrogens is 2. The number of rotatable bonds is 7. The molecule has 0 aliphatic rings. The lowest BCUT2D eigenvalue weighted by Crippen LogP contribution is -2.18. The molecule has 12 rings (SSSR count). The average molecular weight is 783 g/mol. The molecule has 4 heteroatoms. The number of hydrogen-bond acceptors (Lipinski definition) is 2. The Balaban J connectivity index is 1.07. The average Bonchev–Trinajstić information content (AvgIpc) is 3.96. The number of hydrogen-bond donors (Lipinski definition) is 2. The molecule has 290 valence electrons. The van der Waals surface area contributed by atoms with E-state index in [1.165, 1.54) is 81.9 Å². The van der Waals surface area contributed by atoms with Gasteiger partial charge in [-0.05, 0) is 88.4 Å². The molecule has 9 aromatic carbocycles. The topological polar surface area (TPSA) is 57.0 Å². The predicted molar refractivity (Wildman–Crippen MR) is 259 cm³/mol. The first-order valence-electron chi connectivity index (χ1n) is 21.4. The number of aryl methyl sites for hydroxylation is 1. The van der Waals surface area contributed by atoms with Crippen LogP contribution in [0.2, 0.25) is 0 Å². The molecule has 12 aromatic rings. The molecule has 0 amide bonds. The molecular formula is C57H42N4. The third-order valence-corrected chi connectivity index (χ3v) is 13.5. The number of benzene rings is 9. The highest BCUT2D eigenvalue weighted by molar-refractivity contribution is 6.30. The summed E-state index contributed by atoms with van der Waals surface area (Å²) >= 11 is 0. The van der Waals surface area contributed by atoms with E-state index in [0.29, 0.717) is 18.0 Å². The van der Waals surface area contributed by atoms with Gasteiger partial charge in [-0.3, -0.25) is 9.98 Å². The van der Waals surface area contributed by atoms with E-state index in [1.54, 1.807) is 0 Å². The Morgan fingerprint density at radius 2 is 1.11 bits per heavy atom. The van der Waals surface area contributed by atoms with Gasteiger partial charge in [-0.25, -0.2) is 0 Å². The summed E-state index contributed by atoms with van der Waals surface area (Å²) in [5.41, 5.74) is 12.8. The third kappa shape index (κ3) is 5.06. The Labute approximate surface area is 353 Å². The van der Waals surface area contributed by atoms with Crippen molar-refractivity contribution < 1.29 is 0 Å². The molecule has 0 unspecified atom stereocenters. The maximum atomic E-state index is 10.1. The van der Waals surface area contributed by atoms with Gasteiger partial charge in [0.25, 0.3) is 0 Å². The molecular weight excluding hydrogens is 741 g/mol. The zero-order valence-corrected chi connectivity index (χ0v) is 34.1. The minimum atomic E-state index is 0.0206. The maximum absolute atomic E-state index is 10.1. The van der Waals surface area contributed by atoms with E-state index >= 15 is 0 Å². The van der Waals surface area contributed by atoms with E-state index in [2.05, 4.69) is 174 Å². The summed E-state index contributed by atoms with van der Waals surface area (Å²) in [5, 5.41) is 32.2. The fourth-order valence-corrected chi connectivity index (χ4v) is 10.7. The first kappa shape index (κ1) is 35.4. The Bertz CT molecular complexity index is 3790. The number of nitrogens with one attached hydrogen (secondary N) is 2. The third-order valence-electron chi connectivity index (χ3n) is 13.5. The molecule has 4 nitrogen and oxygen atoms in total. The van der Waals surface area contributed by atoms with Crippen LogP contribution in [-0.4, -0.2) is 20.5 Å². The van der Waals surface area contributed by atoms with Gasteiger partial charge in [0.2, 0.25) is 0 Å². The van der Waals surface area contributed by atoms with E-state index < -0.39 is 0 Å². The Morgan fingerprint density at radius 1 is 0.492 bits per heavy atom. The number of fused-ring (bicyclic) bond motifs is 13. The van der Waals surface area contributed by atoms with Crippen LogP contribution in [0.5, 0.6) is 0 Å². The van der Waals surface area contributed by atoms with Crippen LogP contribution in [0, 0.1) is 17.7 Å². The normalized spacial score (nSPS) is 12.6. The molecule has 0 saturated carbocycles. The van der Waals surface area contributed by atoms with Crippen molar-refractivity contribution in [3.8, 4) is 11.1 Å². The molecule has 2 N–H and O–H groups in total. The highest BCUT2D eigenvalue weighted by Gasteiger charge is 2.29. The first-order valence-corrected chi connectivity index (χ1v) is 21.4. The van der Waals surface area contributed by atoms with Crippen molar-refractivity contribution in [3.05, 3.63) is 198 Å². The van der Waals surface area contributed by atoms with Gasteiger partial charge in [0.05, 0.1) is 27.6 Å². The summed E-state index contributed by atoms with van der Waals surface area (Å²) in [6.07, 6.45) is 1.38. The van der Waals surface area contributed by atoms with Crippen LogP contribution in [0.15, 0.2) is 176 Å². The summed E-state index contributed by atoms with van der Waals surface area (Å²) in [4.78, 5) is 0. The summed E-state index contributed by atoms with van der Waals surface area (Å²) in [7, 11) is 0. The molecule has 0 aliphatic carbocycles. The second kappa shape index (κ2) is 13.5. The van der Waals surface area contributed by atoms with Crippen LogP contribution in [0.1, 0.15) is 47.9 Å². The predicted octanol–water partition coefficient (Wildman–Crippen LogP) is 15.1. The molecule has 0 bridgehead atoms. The van der Waals surface area contributed by atoms with Crippen molar-refractivity contribution >= 4 is 93.0 Å². The van der Waals surface area contributed by atoms with E-state index in [9.17, 15) is 10.8 Å². The zero-order valence-electron chi connectivity index (χ0n) is 34.1. The molecule has 0 fully saturated rings. The minimum Gasteiger partial charge on any atom is -0.307 e. The van der Waals surface area contributed by atoms with Crippen LogP contribution in [0.4, 0.5) is 0 Å². The van der Waals surface area contributed by atoms with Gasteiger partial charge in [-0.2, -0.15) is 0 Å². The lowest BCUT2D eigenvalue weighted by Gasteiger charge is -2.24. The lowest BCUT2D eigenvalue weighted by atomic mass is 9.80. The van der Waals surface area contributed by atoms with Gasteiger partial charge in [0.15, 0.2) is 0 Å². The van der Waals surface area contributed by atoms with E-state index in [0.717, 1.165) is 39.4 Å². The van der Waals surface area contributed by atoms with Crippen LogP contribution >= 0.6 is 0 Å². The van der Waals surface area contributed by atoms with Crippen LogP contribution in [-0.2, 0) is 0 Å². The summed E-state index contributed by atoms with van der Waals surface area (Å²) < 4.78 is 4.61. The van der Waals surface area contributed by atoms with Gasteiger partial charge >= 0.3 is 0 Å². The Kier molecular flexibility index (Phi) is 7.82. The van der Waals surface area contributed by atoms with E-state index in [4.69, 9.17) is 0 Å². The highest BCUT2D eigenvalue weighted by atomic mass is 15.0. The molecule has 0 spiro atoms. The fourth-order valence-electron chi connectivity index (χ4n) is 10.7. The largest absolute Gasteiger partial charge is 0.307 e. The summed E-state index contributed by atoms with van der Waals surface area (Å²) in [6, 6.07) is 62.8. The van der Waals surface area contributed by atoms with E-state index in [-0.39, 0.29) is 5.92 Å². The summed E-state index contributed by atoms with van der Waals surface area (Å²) in [5.74, 6) is 0.396. The first-order chi connectivity index (χ1) is 30.0. The number of nitrogens with zero attached hydrogens (tertiary/aromatic N) is 2. The number of para-hydroxylation sites is 2. The summed E-state index contributed by atoms with van der Waals surface area (Å²) in [6.45, 7) is 4.49. The van der Waals surface area contributed by atoms with Crippen molar-refractivity contribution in [2.45, 2.75) is 32.6 Å². The van der Waals surface area contributed by atoms with Crippen molar-refractivity contribution in [1.29, 1.82) is 10.8 Å².